The number of aromatic nitrogens is 1. The number of nitrogens with zero attached hydrogens (tertiary/aromatic N) is 2. The van der Waals surface area contributed by atoms with Crippen molar-refractivity contribution >= 4 is 22.7 Å². The minimum absolute atomic E-state index is 0.00688. The fraction of sp³-hybridized carbons (Fsp3) is 0.250. The third kappa shape index (κ3) is 4.01. The quantitative estimate of drug-likeness (QED) is 0.477. The van der Waals surface area contributed by atoms with Gasteiger partial charge in [0.25, 0.3) is 0 Å². The molecule has 0 aliphatic heterocycles. The molecule has 0 radical (unpaired) electrons. The van der Waals surface area contributed by atoms with Gasteiger partial charge < -0.3 is 9.84 Å². The molecule has 0 fully saturated rings. The second-order valence-electron chi connectivity index (χ2n) is 7.02. The van der Waals surface area contributed by atoms with E-state index in [9.17, 15) is 20.0 Å². The molecule has 0 saturated heterocycles. The highest BCUT2D eigenvalue weighted by Gasteiger charge is 2.21. The van der Waals surface area contributed by atoms with Crippen molar-refractivity contribution in [3.05, 3.63) is 58.8 Å². The maximum Gasteiger partial charge on any atom is 0.306 e. The zero-order valence-corrected chi connectivity index (χ0v) is 17.2. The van der Waals surface area contributed by atoms with Crippen LogP contribution in [-0.4, -0.2) is 28.4 Å². The zero-order chi connectivity index (χ0) is 21.8. The first-order valence-electron chi connectivity index (χ1n) is 9.69. The molecule has 30 heavy (non-hydrogen) atoms. The number of ether oxygens (including phenoxy) is 1. The Kier molecular flexibility index (Phi) is 6.12. The molecule has 3 aromatic rings. The van der Waals surface area contributed by atoms with Crippen LogP contribution in [-0.2, 0) is 9.53 Å². The van der Waals surface area contributed by atoms with E-state index in [4.69, 9.17) is 4.74 Å². The number of carbonyl (C=O) groups excluding carboxylic acids is 2. The molecule has 0 aliphatic carbocycles. The van der Waals surface area contributed by atoms with Crippen molar-refractivity contribution in [3.8, 4) is 22.9 Å². The largest absolute Gasteiger partial charge is 0.504 e. The molecule has 0 bridgehead atoms. The van der Waals surface area contributed by atoms with Gasteiger partial charge >= 0.3 is 5.97 Å². The van der Waals surface area contributed by atoms with Gasteiger partial charge in [-0.1, -0.05) is 24.3 Å². The lowest BCUT2D eigenvalue weighted by Crippen LogP contribution is -2.10. The third-order valence-electron chi connectivity index (χ3n) is 4.97. The summed E-state index contributed by atoms with van der Waals surface area (Å²) in [5.41, 5.74) is 4.36. The molecule has 0 aliphatic rings. The van der Waals surface area contributed by atoms with Crippen LogP contribution in [0.4, 0.5) is 0 Å². The fourth-order valence-corrected chi connectivity index (χ4v) is 3.55. The molecule has 1 heterocycles. The molecule has 6 heteroatoms. The number of benzene rings is 2. The van der Waals surface area contributed by atoms with Crippen molar-refractivity contribution in [1.29, 1.82) is 5.26 Å². The predicted molar refractivity (Wildman–Crippen MR) is 113 cm³/mol. The monoisotopic (exact) mass is 402 g/mol. The van der Waals surface area contributed by atoms with E-state index in [2.05, 4.69) is 4.98 Å². The number of carbonyl (C=O) groups is 2. The topological polar surface area (TPSA) is 100 Å². The number of aromatic hydroxyl groups is 1. The van der Waals surface area contributed by atoms with Crippen molar-refractivity contribution in [2.75, 3.05) is 6.61 Å². The predicted octanol–water partition coefficient (Wildman–Crippen LogP) is 4.62. The van der Waals surface area contributed by atoms with Gasteiger partial charge in [0.2, 0.25) is 0 Å². The molecular weight excluding hydrogens is 380 g/mol. The van der Waals surface area contributed by atoms with Crippen LogP contribution in [0, 0.1) is 25.2 Å². The average Bonchev–Trinajstić information content (AvgIpc) is 2.71. The summed E-state index contributed by atoms with van der Waals surface area (Å²) in [6.07, 6.45) is -0.268. The number of Topliss-reactive ketones (excluding diaryl/α,β-unsaturated/α-hetero) is 1. The van der Waals surface area contributed by atoms with E-state index >= 15 is 0 Å². The zero-order valence-electron chi connectivity index (χ0n) is 17.2. The SMILES string of the molecule is CCOC(=O)CCC(=O)c1nc2ccc(-c3c(C)cccc3C)cc2c(C#N)c1O. The highest BCUT2D eigenvalue weighted by atomic mass is 16.5. The molecule has 152 valence electrons. The van der Waals surface area contributed by atoms with Crippen molar-refractivity contribution < 1.29 is 19.4 Å². The lowest BCUT2D eigenvalue weighted by molar-refractivity contribution is -0.143. The van der Waals surface area contributed by atoms with Crippen molar-refractivity contribution in [2.24, 2.45) is 0 Å². The van der Waals surface area contributed by atoms with Crippen LogP contribution in [0.15, 0.2) is 36.4 Å². The second kappa shape index (κ2) is 8.75. The molecule has 6 nitrogen and oxygen atoms in total. The Morgan fingerprint density at radius 2 is 1.83 bits per heavy atom. The number of rotatable bonds is 6. The van der Waals surface area contributed by atoms with E-state index < -0.39 is 17.5 Å². The van der Waals surface area contributed by atoms with Crippen molar-refractivity contribution in [2.45, 2.75) is 33.6 Å². The Labute approximate surface area is 174 Å². The molecule has 3 rings (SSSR count). The molecule has 0 saturated carbocycles. The Hall–Kier alpha value is -3.72. The van der Waals surface area contributed by atoms with E-state index in [1.54, 1.807) is 13.0 Å². The molecule has 0 unspecified atom stereocenters. The fourth-order valence-electron chi connectivity index (χ4n) is 3.55. The van der Waals surface area contributed by atoms with Crippen LogP contribution in [0.1, 0.15) is 46.9 Å². The van der Waals surface area contributed by atoms with Crippen molar-refractivity contribution in [1.82, 2.24) is 4.98 Å². The lowest BCUT2D eigenvalue weighted by Gasteiger charge is -2.13. The molecule has 0 atom stereocenters. The Balaban J connectivity index is 2.07. The number of esters is 1. The van der Waals surface area contributed by atoms with E-state index in [0.29, 0.717) is 10.9 Å². The summed E-state index contributed by atoms with van der Waals surface area (Å²) in [6, 6.07) is 13.4. The summed E-state index contributed by atoms with van der Waals surface area (Å²) < 4.78 is 4.82. The Morgan fingerprint density at radius 3 is 2.47 bits per heavy atom. The highest BCUT2D eigenvalue weighted by molar-refractivity contribution is 6.03. The molecule has 1 aromatic heterocycles. The first-order valence-corrected chi connectivity index (χ1v) is 9.69. The Bertz CT molecular complexity index is 1170. The van der Waals surface area contributed by atoms with Crippen molar-refractivity contribution in [3.63, 3.8) is 0 Å². The standard InChI is InChI=1S/C24H22N2O4/c1-4-30-21(28)11-10-20(27)23-24(29)18(13-25)17-12-16(8-9-19(17)26-23)22-14(2)6-5-7-15(22)3/h5-9,12,29H,4,10-11H2,1-3H3. The van der Waals surface area contributed by atoms with Gasteiger partial charge in [-0.3, -0.25) is 9.59 Å². The number of pyridine rings is 1. The van der Waals surface area contributed by atoms with Gasteiger partial charge in [-0.05, 0) is 55.2 Å². The average molecular weight is 402 g/mol. The summed E-state index contributed by atoms with van der Waals surface area (Å²) >= 11 is 0. The van der Waals surface area contributed by atoms with Gasteiger partial charge in [-0.25, -0.2) is 4.98 Å². The smallest absolute Gasteiger partial charge is 0.306 e. The minimum atomic E-state index is -0.516. The highest BCUT2D eigenvalue weighted by Crippen LogP contribution is 2.34. The summed E-state index contributed by atoms with van der Waals surface area (Å²) in [6.45, 7) is 5.94. The Morgan fingerprint density at radius 1 is 1.13 bits per heavy atom. The third-order valence-corrected chi connectivity index (χ3v) is 4.97. The number of hydrogen-bond donors (Lipinski definition) is 1. The second-order valence-corrected chi connectivity index (χ2v) is 7.02. The van der Waals surface area contributed by atoms with E-state index in [1.165, 1.54) is 0 Å². The van der Waals surface area contributed by atoms with Gasteiger partial charge in [0, 0.05) is 11.8 Å². The van der Waals surface area contributed by atoms with Crippen LogP contribution in [0.3, 0.4) is 0 Å². The van der Waals surface area contributed by atoms with Gasteiger partial charge in [-0.2, -0.15) is 5.26 Å². The van der Waals surface area contributed by atoms with Gasteiger partial charge in [0.15, 0.2) is 11.5 Å². The molecule has 0 spiro atoms. The summed E-state index contributed by atoms with van der Waals surface area (Å²) in [5.74, 6) is -1.47. The van der Waals surface area contributed by atoms with Gasteiger partial charge in [0.1, 0.15) is 17.3 Å². The summed E-state index contributed by atoms with van der Waals surface area (Å²) in [7, 11) is 0. The maximum absolute atomic E-state index is 12.5. The van der Waals surface area contributed by atoms with E-state index in [1.807, 2.05) is 50.2 Å². The van der Waals surface area contributed by atoms with Crippen LogP contribution in [0.25, 0.3) is 22.0 Å². The van der Waals surface area contributed by atoms with E-state index in [0.717, 1.165) is 22.3 Å². The number of ketones is 1. The van der Waals surface area contributed by atoms with Gasteiger partial charge in [-0.15, -0.1) is 0 Å². The summed E-state index contributed by atoms with van der Waals surface area (Å²) in [4.78, 5) is 28.3. The van der Waals surface area contributed by atoms with Gasteiger partial charge in [0.05, 0.1) is 18.5 Å². The molecule has 2 aromatic carbocycles. The van der Waals surface area contributed by atoms with Crippen LogP contribution in [0.5, 0.6) is 5.75 Å². The lowest BCUT2D eigenvalue weighted by atomic mass is 9.93. The maximum atomic E-state index is 12.5. The molecule has 0 amide bonds. The van der Waals surface area contributed by atoms with Crippen LogP contribution >= 0.6 is 0 Å². The minimum Gasteiger partial charge on any atom is -0.504 e. The molecular formula is C24H22N2O4. The number of hydrogen-bond acceptors (Lipinski definition) is 6. The van der Waals surface area contributed by atoms with Crippen LogP contribution in [0.2, 0.25) is 0 Å². The number of aryl methyl sites for hydroxylation is 2. The normalized spacial score (nSPS) is 10.6. The first kappa shape index (κ1) is 21.0. The number of nitriles is 1. The first-order chi connectivity index (χ1) is 14.4. The number of fused-ring (bicyclic) bond motifs is 1. The molecule has 1 N–H and O–H groups in total. The summed E-state index contributed by atoms with van der Waals surface area (Å²) in [5, 5.41) is 20.7. The van der Waals surface area contributed by atoms with E-state index in [-0.39, 0.29) is 30.7 Å². The van der Waals surface area contributed by atoms with Crippen LogP contribution < -0.4 is 0 Å².